The Kier molecular flexibility index (Phi) is 4.75. The first kappa shape index (κ1) is 16.5. The lowest BCUT2D eigenvalue weighted by Crippen LogP contribution is -2.34. The van der Waals surface area contributed by atoms with Crippen molar-refractivity contribution < 1.29 is 9.21 Å². The van der Waals surface area contributed by atoms with Crippen LogP contribution >= 0.6 is 39.9 Å². The number of carbonyl (C=O) groups is 1. The predicted molar refractivity (Wildman–Crippen MR) is 102 cm³/mol. The fraction of sp³-hybridized carbons (Fsp3) is 0.176. The predicted octanol–water partition coefficient (Wildman–Crippen LogP) is 5.32. The van der Waals surface area contributed by atoms with Crippen molar-refractivity contribution in [3.8, 4) is 11.3 Å². The standard InChI is InChI=1S/C17H14BrNO2S2/c1-10(2)19-16(20)15(23-17(19)22)9-13-7-8-14(21-13)11-3-5-12(18)6-4-11/h3-10H,1-2H3/b15-9+. The van der Waals surface area contributed by atoms with Crippen LogP contribution in [0.2, 0.25) is 0 Å². The minimum absolute atomic E-state index is 0.0586. The summed E-state index contributed by atoms with van der Waals surface area (Å²) in [5.74, 6) is 1.35. The van der Waals surface area contributed by atoms with Crippen LogP contribution in [0.25, 0.3) is 17.4 Å². The number of furan rings is 1. The molecule has 0 N–H and O–H groups in total. The summed E-state index contributed by atoms with van der Waals surface area (Å²) in [4.78, 5) is 14.6. The first-order valence-corrected chi connectivity index (χ1v) is 9.10. The number of thiocarbonyl (C=S) groups is 1. The quantitative estimate of drug-likeness (QED) is 0.509. The second kappa shape index (κ2) is 6.63. The number of hydrogen-bond donors (Lipinski definition) is 0. The van der Waals surface area contributed by atoms with Crippen LogP contribution in [-0.2, 0) is 4.79 Å². The fourth-order valence-corrected chi connectivity index (χ4v) is 4.02. The van der Waals surface area contributed by atoms with Crippen LogP contribution in [0, 0.1) is 0 Å². The molecule has 0 spiro atoms. The summed E-state index contributed by atoms with van der Waals surface area (Å²) in [5.41, 5.74) is 0.988. The number of thioether (sulfide) groups is 1. The van der Waals surface area contributed by atoms with Crippen molar-refractivity contribution >= 4 is 56.2 Å². The summed E-state index contributed by atoms with van der Waals surface area (Å²) in [6, 6.07) is 11.7. The molecule has 3 rings (SSSR count). The highest BCUT2D eigenvalue weighted by atomic mass is 79.9. The zero-order valence-electron chi connectivity index (χ0n) is 12.6. The molecular formula is C17H14BrNO2S2. The zero-order chi connectivity index (χ0) is 16.6. The Morgan fingerprint density at radius 3 is 2.52 bits per heavy atom. The summed E-state index contributed by atoms with van der Waals surface area (Å²) in [6.45, 7) is 3.90. The summed E-state index contributed by atoms with van der Waals surface area (Å²) in [7, 11) is 0. The average molecular weight is 408 g/mol. The highest BCUT2D eigenvalue weighted by Crippen LogP contribution is 2.34. The first-order valence-electron chi connectivity index (χ1n) is 7.08. The van der Waals surface area contributed by atoms with E-state index in [-0.39, 0.29) is 11.9 Å². The molecule has 3 nitrogen and oxygen atoms in total. The molecule has 1 aliphatic rings. The van der Waals surface area contributed by atoms with E-state index in [9.17, 15) is 4.79 Å². The van der Waals surface area contributed by atoms with E-state index in [4.69, 9.17) is 16.6 Å². The molecule has 0 aliphatic carbocycles. The van der Waals surface area contributed by atoms with Crippen molar-refractivity contribution in [3.63, 3.8) is 0 Å². The van der Waals surface area contributed by atoms with Gasteiger partial charge in [-0.05, 0) is 38.1 Å². The van der Waals surface area contributed by atoms with Crippen molar-refractivity contribution in [2.75, 3.05) is 0 Å². The molecule has 0 atom stereocenters. The third-order valence-electron chi connectivity index (χ3n) is 3.37. The third kappa shape index (κ3) is 3.44. The maximum atomic E-state index is 12.4. The van der Waals surface area contributed by atoms with Gasteiger partial charge < -0.3 is 4.42 Å². The molecule has 6 heteroatoms. The second-order valence-electron chi connectivity index (χ2n) is 5.35. The Hall–Kier alpha value is -1.37. The smallest absolute Gasteiger partial charge is 0.266 e. The Morgan fingerprint density at radius 1 is 1.22 bits per heavy atom. The normalized spacial score (nSPS) is 16.9. The Morgan fingerprint density at radius 2 is 1.91 bits per heavy atom. The number of hydrogen-bond acceptors (Lipinski definition) is 4. The molecule has 1 aliphatic heterocycles. The number of amides is 1. The molecule has 1 amide bonds. The molecule has 1 saturated heterocycles. The van der Waals surface area contributed by atoms with Crippen LogP contribution < -0.4 is 0 Å². The van der Waals surface area contributed by atoms with Crippen LogP contribution in [0.15, 0.2) is 50.2 Å². The largest absolute Gasteiger partial charge is 0.457 e. The van der Waals surface area contributed by atoms with Crippen LogP contribution in [-0.4, -0.2) is 21.2 Å². The van der Waals surface area contributed by atoms with Crippen molar-refractivity contribution in [1.82, 2.24) is 4.90 Å². The minimum Gasteiger partial charge on any atom is -0.457 e. The van der Waals surface area contributed by atoms with Crippen LogP contribution in [0.4, 0.5) is 0 Å². The van der Waals surface area contributed by atoms with E-state index < -0.39 is 0 Å². The number of halogens is 1. The van der Waals surface area contributed by atoms with Crippen molar-refractivity contribution in [2.24, 2.45) is 0 Å². The van der Waals surface area contributed by atoms with E-state index in [2.05, 4.69) is 15.9 Å². The molecule has 2 heterocycles. The van der Waals surface area contributed by atoms with Crippen LogP contribution in [0.5, 0.6) is 0 Å². The van der Waals surface area contributed by atoms with Gasteiger partial charge in [0.15, 0.2) is 0 Å². The number of rotatable bonds is 3. The highest BCUT2D eigenvalue weighted by Gasteiger charge is 2.33. The summed E-state index contributed by atoms with van der Waals surface area (Å²) in [6.07, 6.45) is 1.75. The molecule has 1 aromatic carbocycles. The van der Waals surface area contributed by atoms with Crippen LogP contribution in [0.1, 0.15) is 19.6 Å². The van der Waals surface area contributed by atoms with E-state index in [0.717, 1.165) is 15.8 Å². The van der Waals surface area contributed by atoms with Crippen molar-refractivity contribution in [1.29, 1.82) is 0 Å². The maximum absolute atomic E-state index is 12.4. The van der Waals surface area contributed by atoms with E-state index in [0.29, 0.717) is 15.0 Å². The topological polar surface area (TPSA) is 33.5 Å². The first-order chi connectivity index (χ1) is 11.0. The van der Waals surface area contributed by atoms with E-state index in [1.165, 1.54) is 11.8 Å². The molecular weight excluding hydrogens is 394 g/mol. The monoisotopic (exact) mass is 407 g/mol. The van der Waals surface area contributed by atoms with E-state index >= 15 is 0 Å². The van der Waals surface area contributed by atoms with E-state index in [1.807, 2.05) is 50.2 Å². The SMILES string of the molecule is CC(C)N1C(=O)/C(=C\c2ccc(-c3ccc(Br)cc3)o2)SC1=S. The molecule has 2 aromatic rings. The van der Waals surface area contributed by atoms with Gasteiger partial charge in [0.05, 0.1) is 4.91 Å². The lowest BCUT2D eigenvalue weighted by molar-refractivity contribution is -0.123. The molecule has 0 unspecified atom stereocenters. The molecule has 118 valence electrons. The molecule has 1 aromatic heterocycles. The van der Waals surface area contributed by atoms with Gasteiger partial charge >= 0.3 is 0 Å². The Balaban J connectivity index is 1.85. The van der Waals surface area contributed by atoms with Gasteiger partial charge in [0.2, 0.25) is 0 Å². The fourth-order valence-electron chi connectivity index (χ4n) is 2.25. The number of carbonyl (C=O) groups excluding carboxylic acids is 1. The van der Waals surface area contributed by atoms with Crippen LogP contribution in [0.3, 0.4) is 0 Å². The summed E-state index contributed by atoms with van der Waals surface area (Å²) >= 11 is 10.0. The van der Waals surface area contributed by atoms with Gasteiger partial charge in [-0.15, -0.1) is 0 Å². The van der Waals surface area contributed by atoms with E-state index in [1.54, 1.807) is 11.0 Å². The van der Waals surface area contributed by atoms with Gasteiger partial charge in [-0.25, -0.2) is 0 Å². The Bertz CT molecular complexity index is 793. The highest BCUT2D eigenvalue weighted by molar-refractivity contribution is 9.10. The van der Waals surface area contributed by atoms with Crippen molar-refractivity contribution in [3.05, 3.63) is 51.5 Å². The van der Waals surface area contributed by atoms with Gasteiger partial charge in [-0.3, -0.25) is 9.69 Å². The number of benzene rings is 1. The lowest BCUT2D eigenvalue weighted by atomic mass is 10.2. The van der Waals surface area contributed by atoms with Gasteiger partial charge in [0.1, 0.15) is 15.8 Å². The second-order valence-corrected chi connectivity index (χ2v) is 7.95. The van der Waals surface area contributed by atoms with Gasteiger partial charge in [-0.2, -0.15) is 0 Å². The average Bonchev–Trinajstić information content (AvgIpc) is 3.05. The molecule has 0 radical (unpaired) electrons. The third-order valence-corrected chi connectivity index (χ3v) is 5.23. The van der Waals surface area contributed by atoms with Crippen molar-refractivity contribution in [2.45, 2.75) is 19.9 Å². The summed E-state index contributed by atoms with van der Waals surface area (Å²) in [5, 5.41) is 0. The van der Waals surface area contributed by atoms with Gasteiger partial charge in [0, 0.05) is 22.2 Å². The molecule has 1 fully saturated rings. The zero-order valence-corrected chi connectivity index (χ0v) is 15.8. The maximum Gasteiger partial charge on any atom is 0.266 e. The lowest BCUT2D eigenvalue weighted by Gasteiger charge is -2.18. The van der Waals surface area contributed by atoms with Gasteiger partial charge in [-0.1, -0.05) is 52.0 Å². The Labute approximate surface area is 152 Å². The van der Waals surface area contributed by atoms with Gasteiger partial charge in [0.25, 0.3) is 5.91 Å². The minimum atomic E-state index is -0.0587. The summed E-state index contributed by atoms with van der Waals surface area (Å²) < 4.78 is 7.44. The number of nitrogens with zero attached hydrogens (tertiary/aromatic N) is 1. The molecule has 0 bridgehead atoms. The molecule has 0 saturated carbocycles. The molecule has 23 heavy (non-hydrogen) atoms.